The highest BCUT2D eigenvalue weighted by Crippen LogP contribution is 2.26. The van der Waals surface area contributed by atoms with E-state index in [9.17, 15) is 9.59 Å². The van der Waals surface area contributed by atoms with Gasteiger partial charge < -0.3 is 9.84 Å². The van der Waals surface area contributed by atoms with E-state index < -0.39 is 17.1 Å². The lowest BCUT2D eigenvalue weighted by Gasteiger charge is -2.14. The minimum atomic E-state index is -1.15. The Balaban J connectivity index is 2.18. The van der Waals surface area contributed by atoms with E-state index in [-0.39, 0.29) is 0 Å². The molecule has 0 saturated carbocycles. The van der Waals surface area contributed by atoms with Gasteiger partial charge >= 0.3 is 5.97 Å². The van der Waals surface area contributed by atoms with Crippen LogP contribution in [0.2, 0.25) is 0 Å². The summed E-state index contributed by atoms with van der Waals surface area (Å²) >= 11 is 0.867. The van der Waals surface area contributed by atoms with Crippen LogP contribution in [0, 0.1) is 0 Å². The Labute approximate surface area is 102 Å². The lowest BCUT2D eigenvalue weighted by atomic mass is 10.3. The minimum absolute atomic E-state index is 0.493. The quantitative estimate of drug-likeness (QED) is 0.609. The van der Waals surface area contributed by atoms with Crippen molar-refractivity contribution in [3.8, 4) is 5.75 Å². The van der Waals surface area contributed by atoms with Crippen LogP contribution in [-0.4, -0.2) is 29.3 Å². The first-order valence-electron chi connectivity index (χ1n) is 4.75. The van der Waals surface area contributed by atoms with Crippen LogP contribution in [0.25, 0.3) is 0 Å². The maximum atomic E-state index is 11.7. The number of hydrogen-bond acceptors (Lipinski definition) is 5. The number of carboxylic acids is 1. The van der Waals surface area contributed by atoms with E-state index >= 15 is 0 Å². The molecule has 0 bridgehead atoms. The fourth-order valence-corrected chi connectivity index (χ4v) is 2.10. The van der Waals surface area contributed by atoms with Gasteiger partial charge in [-0.2, -0.15) is 4.83 Å². The van der Waals surface area contributed by atoms with Crippen molar-refractivity contribution in [2.45, 2.75) is 5.25 Å². The van der Waals surface area contributed by atoms with E-state index in [1.165, 1.54) is 5.01 Å². The molecule has 17 heavy (non-hydrogen) atoms. The van der Waals surface area contributed by atoms with Gasteiger partial charge in [-0.15, -0.1) is 0 Å². The van der Waals surface area contributed by atoms with Crippen LogP contribution in [0.3, 0.4) is 0 Å². The molecule has 0 aliphatic carbocycles. The van der Waals surface area contributed by atoms with Gasteiger partial charge in [0, 0.05) is 0 Å². The summed E-state index contributed by atoms with van der Waals surface area (Å²) in [5.74, 6) is -0.973. The Hall–Kier alpha value is -1.73. The molecule has 1 aromatic carbocycles. The molecule has 7 heteroatoms. The monoisotopic (exact) mass is 254 g/mol. The smallest absolute Gasteiger partial charge is 0.327 e. The average molecular weight is 254 g/mol. The summed E-state index contributed by atoms with van der Waals surface area (Å²) in [7, 11) is 1.55. The molecule has 1 aliphatic rings. The van der Waals surface area contributed by atoms with Crippen molar-refractivity contribution in [3.63, 3.8) is 0 Å². The van der Waals surface area contributed by atoms with Gasteiger partial charge in [-0.25, -0.2) is 5.01 Å². The summed E-state index contributed by atoms with van der Waals surface area (Å²) in [5, 5.41) is 8.91. The number of rotatable bonds is 3. The number of hydrogen-bond donors (Lipinski definition) is 2. The molecular formula is C10H10N2O4S. The molecule has 1 aromatic rings. The van der Waals surface area contributed by atoms with Gasteiger partial charge in [-0.05, 0) is 36.2 Å². The minimum Gasteiger partial charge on any atom is -0.497 e. The number of nitrogens with one attached hydrogen (secondary N) is 1. The van der Waals surface area contributed by atoms with Crippen LogP contribution in [-0.2, 0) is 9.59 Å². The molecule has 1 atom stereocenters. The van der Waals surface area contributed by atoms with Crippen LogP contribution in [0.1, 0.15) is 0 Å². The maximum absolute atomic E-state index is 11.7. The number of nitrogens with zero attached hydrogens (tertiary/aromatic N) is 1. The third kappa shape index (κ3) is 2.20. The predicted octanol–water partition coefficient (Wildman–Crippen LogP) is 0.648. The highest BCUT2D eigenvalue weighted by molar-refractivity contribution is 8.00. The van der Waals surface area contributed by atoms with Gasteiger partial charge in [0.25, 0.3) is 5.91 Å². The first kappa shape index (κ1) is 11.7. The van der Waals surface area contributed by atoms with Gasteiger partial charge in [0.1, 0.15) is 5.75 Å². The van der Waals surface area contributed by atoms with Gasteiger partial charge in [-0.3, -0.25) is 9.59 Å². The van der Waals surface area contributed by atoms with Crippen LogP contribution in [0.4, 0.5) is 5.69 Å². The Morgan fingerprint density at radius 3 is 2.59 bits per heavy atom. The molecule has 2 rings (SSSR count). The number of amides is 1. The lowest BCUT2D eigenvalue weighted by Crippen LogP contribution is -2.36. The number of benzene rings is 1. The Morgan fingerprint density at radius 2 is 2.12 bits per heavy atom. The molecule has 1 saturated heterocycles. The van der Waals surface area contributed by atoms with Gasteiger partial charge in [0.05, 0.1) is 12.8 Å². The second-order valence-electron chi connectivity index (χ2n) is 3.30. The summed E-state index contributed by atoms with van der Waals surface area (Å²) < 4.78 is 4.99. The predicted molar refractivity (Wildman–Crippen MR) is 62.6 cm³/mol. The second kappa shape index (κ2) is 4.64. The number of ether oxygens (including phenoxy) is 1. The highest BCUT2D eigenvalue weighted by Gasteiger charge is 2.38. The summed E-state index contributed by atoms with van der Waals surface area (Å²) in [6.45, 7) is 0. The second-order valence-corrected chi connectivity index (χ2v) is 4.19. The molecule has 90 valence electrons. The topological polar surface area (TPSA) is 78.9 Å². The van der Waals surface area contributed by atoms with Crippen LogP contribution >= 0.6 is 11.9 Å². The molecule has 1 heterocycles. The van der Waals surface area contributed by atoms with Crippen LogP contribution in [0.5, 0.6) is 5.75 Å². The van der Waals surface area contributed by atoms with Crippen LogP contribution < -0.4 is 14.6 Å². The van der Waals surface area contributed by atoms with E-state index in [0.29, 0.717) is 11.4 Å². The average Bonchev–Trinajstić information content (AvgIpc) is 2.71. The number of carbonyl (C=O) groups is 2. The third-order valence-electron chi connectivity index (χ3n) is 2.26. The maximum Gasteiger partial charge on any atom is 0.327 e. The largest absolute Gasteiger partial charge is 0.497 e. The highest BCUT2D eigenvalue weighted by atomic mass is 32.2. The summed E-state index contributed by atoms with van der Waals surface area (Å²) in [6.07, 6.45) is 0. The molecular weight excluding hydrogens is 244 g/mol. The molecule has 1 amide bonds. The zero-order chi connectivity index (χ0) is 12.4. The summed E-state index contributed by atoms with van der Waals surface area (Å²) in [5.41, 5.74) is 0.576. The standard InChI is InChI=1S/C10H10N2O4S/c1-16-7-4-2-6(3-5-7)12-9(13)8(10(14)15)17-11-12/h2-5,8,11H,1H3,(H,14,15). The fraction of sp³-hybridized carbons (Fsp3) is 0.200. The molecule has 6 nitrogen and oxygen atoms in total. The van der Waals surface area contributed by atoms with Crippen molar-refractivity contribution in [2.24, 2.45) is 0 Å². The number of methoxy groups -OCH3 is 1. The van der Waals surface area contributed by atoms with Crippen molar-refractivity contribution in [1.29, 1.82) is 0 Å². The zero-order valence-electron chi connectivity index (χ0n) is 8.91. The van der Waals surface area contributed by atoms with Crippen molar-refractivity contribution in [3.05, 3.63) is 24.3 Å². The van der Waals surface area contributed by atoms with Gasteiger partial charge in [-0.1, -0.05) is 0 Å². The number of anilines is 1. The van der Waals surface area contributed by atoms with Gasteiger partial charge in [0.2, 0.25) is 0 Å². The molecule has 1 unspecified atom stereocenters. The number of hydrazine groups is 1. The fourth-order valence-electron chi connectivity index (χ4n) is 1.39. The molecule has 1 fully saturated rings. The molecule has 1 aliphatic heterocycles. The van der Waals surface area contributed by atoms with E-state index in [1.807, 2.05) is 0 Å². The Kier molecular flexibility index (Phi) is 3.21. The van der Waals surface area contributed by atoms with E-state index in [4.69, 9.17) is 9.84 Å². The lowest BCUT2D eigenvalue weighted by molar-refractivity contribution is -0.139. The van der Waals surface area contributed by atoms with Crippen LogP contribution in [0.15, 0.2) is 24.3 Å². The number of carbonyl (C=O) groups excluding carboxylic acids is 1. The Morgan fingerprint density at radius 1 is 1.47 bits per heavy atom. The molecule has 0 radical (unpaired) electrons. The van der Waals surface area contributed by atoms with Gasteiger partial charge in [0.15, 0.2) is 5.25 Å². The van der Waals surface area contributed by atoms with Crippen molar-refractivity contribution in [2.75, 3.05) is 12.1 Å². The number of aliphatic carboxylic acids is 1. The first-order valence-corrected chi connectivity index (χ1v) is 5.63. The SMILES string of the molecule is COc1ccc(N2NSC(C(=O)O)C2=O)cc1. The summed E-state index contributed by atoms with van der Waals surface area (Å²) in [4.78, 5) is 25.2. The van der Waals surface area contributed by atoms with Crippen molar-refractivity contribution < 1.29 is 19.4 Å². The van der Waals surface area contributed by atoms with Crippen molar-refractivity contribution >= 4 is 29.5 Å². The number of carboxylic acid groups (broad SMARTS) is 1. The summed E-state index contributed by atoms with van der Waals surface area (Å²) in [6, 6.07) is 6.75. The third-order valence-corrected chi connectivity index (χ3v) is 3.19. The van der Waals surface area contributed by atoms with Crippen molar-refractivity contribution in [1.82, 2.24) is 4.83 Å². The molecule has 0 spiro atoms. The molecule has 0 aromatic heterocycles. The Bertz CT molecular complexity index is 448. The zero-order valence-corrected chi connectivity index (χ0v) is 9.73. The van der Waals surface area contributed by atoms with E-state index in [1.54, 1.807) is 31.4 Å². The first-order chi connectivity index (χ1) is 8.13. The normalized spacial score (nSPS) is 19.5. The molecule has 2 N–H and O–H groups in total. The van der Waals surface area contributed by atoms with E-state index in [0.717, 1.165) is 11.9 Å². The van der Waals surface area contributed by atoms with E-state index in [2.05, 4.69) is 4.83 Å².